The molecule has 0 spiro atoms. The molecule has 0 bridgehead atoms. The molecule has 2 aromatic heterocycles. The van der Waals surface area contributed by atoms with Gasteiger partial charge in [-0.1, -0.05) is 0 Å². The van der Waals surface area contributed by atoms with Gasteiger partial charge in [-0.3, -0.25) is 9.97 Å². The second-order valence-electron chi connectivity index (χ2n) is 4.90. The minimum Gasteiger partial charge on any atom is -0.394 e. The van der Waals surface area contributed by atoms with E-state index < -0.39 is 0 Å². The first-order chi connectivity index (χ1) is 10.7. The number of aliphatic hydroxyl groups is 1. The third kappa shape index (κ3) is 9.94. The van der Waals surface area contributed by atoms with Gasteiger partial charge >= 0.3 is 0 Å². The molecule has 2 atom stereocenters. The topological polar surface area (TPSA) is 70.1 Å². The molecule has 7 heteroatoms. The van der Waals surface area contributed by atoms with Gasteiger partial charge in [-0.15, -0.1) is 24.0 Å². The van der Waals surface area contributed by atoms with E-state index in [2.05, 4.69) is 20.6 Å². The number of rotatable bonds is 6. The van der Waals surface area contributed by atoms with Crippen LogP contribution in [0.5, 0.6) is 0 Å². The van der Waals surface area contributed by atoms with Crippen LogP contribution in [0, 0.1) is 0 Å². The van der Waals surface area contributed by atoms with Crippen LogP contribution in [0.25, 0.3) is 0 Å². The Bertz CT molecular complexity index is 454. The molecule has 2 aromatic rings. The molecule has 0 aliphatic heterocycles. The molecular weight excluding hydrogens is 335 g/mol. The summed E-state index contributed by atoms with van der Waals surface area (Å²) in [6.07, 6.45) is 6.94. The Balaban J connectivity index is 0.000000403. The molecule has 0 fully saturated rings. The quantitative estimate of drug-likeness (QED) is 0.690. The summed E-state index contributed by atoms with van der Waals surface area (Å²) in [7, 11) is 0. The number of hydrogen-bond acceptors (Lipinski definition) is 5. The second-order valence-corrected chi connectivity index (χ2v) is 5.21. The first-order valence-electron chi connectivity index (χ1n) is 7.15. The van der Waals surface area contributed by atoms with E-state index in [1.54, 1.807) is 24.8 Å². The van der Waals surface area contributed by atoms with Crippen molar-refractivity contribution in [3.8, 4) is 0 Å². The fourth-order valence-electron chi connectivity index (χ4n) is 1.55. The van der Waals surface area contributed by atoms with E-state index in [-0.39, 0.29) is 25.1 Å². The predicted molar refractivity (Wildman–Crippen MR) is 99.7 cm³/mol. The van der Waals surface area contributed by atoms with Crippen molar-refractivity contribution >= 4 is 35.4 Å². The van der Waals surface area contributed by atoms with Gasteiger partial charge in [0.1, 0.15) is 0 Å². The van der Waals surface area contributed by atoms with Gasteiger partial charge in [-0.05, 0) is 38.1 Å². The van der Waals surface area contributed by atoms with E-state index in [0.717, 1.165) is 11.4 Å². The SMILES string of the molecule is C[C@@H](CCl)Nc1ccncc1.C[C@@H](CO)Nc1ccncc1.Cl. The van der Waals surface area contributed by atoms with Gasteiger partial charge in [-0.2, -0.15) is 0 Å². The van der Waals surface area contributed by atoms with Crippen molar-refractivity contribution in [3.63, 3.8) is 0 Å². The van der Waals surface area contributed by atoms with Gasteiger partial charge in [0, 0.05) is 54.1 Å². The van der Waals surface area contributed by atoms with Crippen molar-refractivity contribution < 1.29 is 5.11 Å². The second kappa shape index (κ2) is 12.9. The Morgan fingerprint density at radius 2 is 1.30 bits per heavy atom. The lowest BCUT2D eigenvalue weighted by atomic mass is 10.3. The molecule has 0 aliphatic carbocycles. The molecule has 0 saturated heterocycles. The molecule has 23 heavy (non-hydrogen) atoms. The Hall–Kier alpha value is -1.56. The number of halogens is 2. The highest BCUT2D eigenvalue weighted by Gasteiger charge is 1.98. The number of alkyl halides is 1. The lowest BCUT2D eigenvalue weighted by Gasteiger charge is -2.10. The van der Waals surface area contributed by atoms with E-state index >= 15 is 0 Å². The average molecular weight is 359 g/mol. The molecule has 3 N–H and O–H groups in total. The highest BCUT2D eigenvalue weighted by atomic mass is 35.5. The monoisotopic (exact) mass is 358 g/mol. The van der Waals surface area contributed by atoms with Crippen LogP contribution in [-0.2, 0) is 0 Å². The summed E-state index contributed by atoms with van der Waals surface area (Å²) >= 11 is 5.62. The molecule has 0 saturated carbocycles. The largest absolute Gasteiger partial charge is 0.394 e. The summed E-state index contributed by atoms with van der Waals surface area (Å²) < 4.78 is 0. The van der Waals surface area contributed by atoms with Gasteiger partial charge in [0.15, 0.2) is 0 Å². The third-order valence-corrected chi connectivity index (χ3v) is 3.16. The molecular formula is C16H24Cl2N4O. The maximum Gasteiger partial charge on any atom is 0.0630 e. The van der Waals surface area contributed by atoms with Crippen molar-refractivity contribution in [2.75, 3.05) is 23.1 Å². The lowest BCUT2D eigenvalue weighted by Crippen LogP contribution is -2.18. The minimum atomic E-state index is 0. The van der Waals surface area contributed by atoms with Crippen LogP contribution in [0.15, 0.2) is 49.1 Å². The van der Waals surface area contributed by atoms with Crippen LogP contribution in [0.1, 0.15) is 13.8 Å². The summed E-state index contributed by atoms with van der Waals surface area (Å²) in [6.45, 7) is 4.09. The van der Waals surface area contributed by atoms with Crippen LogP contribution in [-0.4, -0.2) is 39.6 Å². The molecule has 5 nitrogen and oxygen atoms in total. The van der Waals surface area contributed by atoms with Crippen LogP contribution >= 0.6 is 24.0 Å². The van der Waals surface area contributed by atoms with Gasteiger partial charge in [0.25, 0.3) is 0 Å². The summed E-state index contributed by atoms with van der Waals surface area (Å²) in [5.74, 6) is 0.613. The van der Waals surface area contributed by atoms with Crippen LogP contribution in [0.2, 0.25) is 0 Å². The smallest absolute Gasteiger partial charge is 0.0630 e. The van der Waals surface area contributed by atoms with E-state index in [0.29, 0.717) is 11.9 Å². The van der Waals surface area contributed by atoms with Crippen LogP contribution < -0.4 is 10.6 Å². The zero-order valence-corrected chi connectivity index (χ0v) is 14.9. The summed E-state index contributed by atoms with van der Waals surface area (Å²) in [6, 6.07) is 7.97. The number of hydrogen-bond donors (Lipinski definition) is 3. The van der Waals surface area contributed by atoms with Crippen molar-refractivity contribution in [1.29, 1.82) is 0 Å². The number of nitrogens with zero attached hydrogens (tertiary/aromatic N) is 2. The van der Waals surface area contributed by atoms with Crippen molar-refractivity contribution in [2.45, 2.75) is 25.9 Å². The van der Waals surface area contributed by atoms with Gasteiger partial charge in [-0.25, -0.2) is 0 Å². The number of pyridine rings is 2. The highest BCUT2D eigenvalue weighted by molar-refractivity contribution is 6.18. The molecule has 2 rings (SSSR count). The number of anilines is 2. The van der Waals surface area contributed by atoms with Crippen LogP contribution in [0.4, 0.5) is 11.4 Å². The molecule has 0 unspecified atom stereocenters. The molecule has 0 aromatic carbocycles. The van der Waals surface area contributed by atoms with E-state index in [1.807, 2.05) is 38.1 Å². The summed E-state index contributed by atoms with van der Waals surface area (Å²) in [4.78, 5) is 7.78. The van der Waals surface area contributed by atoms with E-state index in [4.69, 9.17) is 16.7 Å². The fraction of sp³-hybridized carbons (Fsp3) is 0.375. The Morgan fingerprint density at radius 3 is 1.65 bits per heavy atom. The predicted octanol–water partition coefficient (Wildman–Crippen LogP) is 3.42. The zero-order chi connectivity index (χ0) is 16.2. The number of nitrogens with one attached hydrogen (secondary N) is 2. The van der Waals surface area contributed by atoms with E-state index in [9.17, 15) is 0 Å². The average Bonchev–Trinajstić information content (AvgIpc) is 2.57. The van der Waals surface area contributed by atoms with E-state index in [1.165, 1.54) is 0 Å². The van der Waals surface area contributed by atoms with Crippen molar-refractivity contribution in [1.82, 2.24) is 9.97 Å². The maximum atomic E-state index is 8.72. The summed E-state index contributed by atoms with van der Waals surface area (Å²) in [5.41, 5.74) is 2.05. The first kappa shape index (κ1) is 21.4. The van der Waals surface area contributed by atoms with Crippen molar-refractivity contribution in [2.24, 2.45) is 0 Å². The van der Waals surface area contributed by atoms with Gasteiger partial charge in [0.05, 0.1) is 6.61 Å². The minimum absolute atomic E-state index is 0. The Kier molecular flexibility index (Phi) is 12.1. The fourth-order valence-corrected chi connectivity index (χ4v) is 1.63. The molecule has 2 heterocycles. The van der Waals surface area contributed by atoms with Crippen molar-refractivity contribution in [3.05, 3.63) is 49.1 Å². The summed E-state index contributed by atoms with van der Waals surface area (Å²) in [5, 5.41) is 15.0. The lowest BCUT2D eigenvalue weighted by molar-refractivity contribution is 0.281. The molecule has 0 amide bonds. The van der Waals surface area contributed by atoms with Gasteiger partial charge in [0.2, 0.25) is 0 Å². The molecule has 128 valence electrons. The van der Waals surface area contributed by atoms with Gasteiger partial charge < -0.3 is 15.7 Å². The molecule has 0 radical (unpaired) electrons. The third-order valence-electron chi connectivity index (χ3n) is 2.69. The molecule has 0 aliphatic rings. The highest BCUT2D eigenvalue weighted by Crippen LogP contribution is 2.06. The first-order valence-corrected chi connectivity index (χ1v) is 7.69. The standard InChI is InChI=1S/C8H11ClN2.C8H12N2O.ClH/c1-7(6-9)11-8-2-4-10-5-3-8;1-7(6-11)10-8-2-4-9-5-3-8;/h2-5,7H,6H2,1H3,(H,10,11);2-5,7,11H,6H2,1H3,(H,9,10);1H/t2*7-;/m00./s1. The number of aliphatic hydroxyl groups excluding tert-OH is 1. The number of aromatic nitrogens is 2. The maximum absolute atomic E-state index is 8.72. The zero-order valence-electron chi connectivity index (χ0n) is 13.3. The Labute approximate surface area is 148 Å². The Morgan fingerprint density at radius 1 is 0.913 bits per heavy atom. The van der Waals surface area contributed by atoms with Crippen LogP contribution in [0.3, 0.4) is 0 Å². The normalized spacial score (nSPS) is 12.0.